The third-order valence-corrected chi connectivity index (χ3v) is 2.76. The van der Waals surface area contributed by atoms with E-state index >= 15 is 0 Å². The first-order chi connectivity index (χ1) is 11.5. The number of rotatable bonds is 15. The molecule has 7 heteroatoms. The molecule has 0 bridgehead atoms. The van der Waals surface area contributed by atoms with Crippen LogP contribution in [-0.4, -0.2) is 49.9 Å². The second-order valence-corrected chi connectivity index (χ2v) is 4.76. The van der Waals surface area contributed by atoms with E-state index in [0.717, 1.165) is 6.08 Å². The maximum absolute atomic E-state index is 11.3. The van der Waals surface area contributed by atoms with E-state index in [1.54, 1.807) is 0 Å². The molecule has 0 aromatic heterocycles. The highest BCUT2D eigenvalue weighted by atomic mass is 16.6. The molecule has 0 fully saturated rings. The molecule has 0 spiro atoms. The van der Waals surface area contributed by atoms with Crippen LogP contribution in [-0.2, 0) is 33.4 Å². The van der Waals surface area contributed by atoms with Gasteiger partial charge in [0.2, 0.25) is 0 Å². The largest absolute Gasteiger partial charge is 0.463 e. The predicted octanol–water partition coefficient (Wildman–Crippen LogP) is 1.55. The number of esters is 2. The smallest absolute Gasteiger partial charge is 0.306 e. The molecule has 0 aromatic rings. The number of carbonyl (C=O) groups is 4. The number of Topliss-reactive ketones (excluding diaryl/α,β-unsaturated/α-hetero) is 1. The van der Waals surface area contributed by atoms with Gasteiger partial charge in [-0.05, 0) is 6.08 Å². The van der Waals surface area contributed by atoms with Crippen molar-refractivity contribution in [3.05, 3.63) is 25.3 Å². The molecule has 0 atom stereocenters. The summed E-state index contributed by atoms with van der Waals surface area (Å²) in [5, 5.41) is 0. The van der Waals surface area contributed by atoms with Crippen LogP contribution < -0.4 is 0 Å². The zero-order valence-corrected chi connectivity index (χ0v) is 13.8. The average molecular weight is 340 g/mol. The fourth-order valence-electron chi connectivity index (χ4n) is 1.51. The Labute approximate surface area is 141 Å². The Bertz CT molecular complexity index is 454. The fraction of sp³-hybridized carbons (Fsp3) is 0.529. The van der Waals surface area contributed by atoms with Gasteiger partial charge in [0, 0.05) is 19.3 Å². The van der Waals surface area contributed by atoms with Gasteiger partial charge in [-0.25, -0.2) is 0 Å². The Hall–Kier alpha value is -2.28. The summed E-state index contributed by atoms with van der Waals surface area (Å²) < 4.78 is 14.9. The molecule has 0 aliphatic carbocycles. The van der Waals surface area contributed by atoms with Gasteiger partial charge in [-0.2, -0.15) is 0 Å². The lowest BCUT2D eigenvalue weighted by Crippen LogP contribution is -2.15. The first-order valence-electron chi connectivity index (χ1n) is 7.66. The summed E-state index contributed by atoms with van der Waals surface area (Å²) in [6, 6.07) is 0. The first-order valence-corrected chi connectivity index (χ1v) is 7.66. The Morgan fingerprint density at radius 3 is 1.79 bits per heavy atom. The van der Waals surface area contributed by atoms with Crippen LogP contribution in [0.3, 0.4) is 0 Å². The van der Waals surface area contributed by atoms with Crippen molar-refractivity contribution in [3.63, 3.8) is 0 Å². The monoisotopic (exact) mass is 340 g/mol. The molecule has 0 rings (SSSR count). The lowest BCUT2D eigenvalue weighted by Gasteiger charge is -2.07. The molecule has 0 heterocycles. The van der Waals surface area contributed by atoms with Gasteiger partial charge >= 0.3 is 11.9 Å². The van der Waals surface area contributed by atoms with Gasteiger partial charge in [-0.3, -0.25) is 19.2 Å². The van der Waals surface area contributed by atoms with E-state index in [0.29, 0.717) is 0 Å². The number of ketones is 2. The summed E-state index contributed by atoms with van der Waals surface area (Å²) in [6.45, 7) is 7.20. The van der Waals surface area contributed by atoms with Crippen LogP contribution in [0.15, 0.2) is 25.3 Å². The molecule has 0 saturated heterocycles. The predicted molar refractivity (Wildman–Crippen MR) is 86.2 cm³/mol. The van der Waals surface area contributed by atoms with Crippen LogP contribution in [0.25, 0.3) is 0 Å². The van der Waals surface area contributed by atoms with Crippen molar-refractivity contribution >= 4 is 23.5 Å². The van der Waals surface area contributed by atoms with Gasteiger partial charge < -0.3 is 14.2 Å². The summed E-state index contributed by atoms with van der Waals surface area (Å²) >= 11 is 0. The van der Waals surface area contributed by atoms with E-state index in [-0.39, 0.29) is 70.1 Å². The molecule has 134 valence electrons. The summed E-state index contributed by atoms with van der Waals surface area (Å²) in [5.74, 6) is -1.22. The van der Waals surface area contributed by atoms with Crippen molar-refractivity contribution in [1.29, 1.82) is 0 Å². The zero-order valence-electron chi connectivity index (χ0n) is 13.8. The average Bonchev–Trinajstić information content (AvgIpc) is 2.57. The molecule has 0 aliphatic rings. The lowest BCUT2D eigenvalue weighted by atomic mass is 10.2. The van der Waals surface area contributed by atoms with Crippen LogP contribution >= 0.6 is 0 Å². The number of carbonyl (C=O) groups excluding carboxylic acids is 4. The Morgan fingerprint density at radius 1 is 0.750 bits per heavy atom. The summed E-state index contributed by atoms with van der Waals surface area (Å²) in [4.78, 5) is 44.7. The van der Waals surface area contributed by atoms with Crippen LogP contribution in [0.1, 0.15) is 32.1 Å². The van der Waals surface area contributed by atoms with Crippen LogP contribution in [0, 0.1) is 0 Å². The number of allylic oxidation sites excluding steroid dienone is 2. The quantitative estimate of drug-likeness (QED) is 0.193. The van der Waals surface area contributed by atoms with Crippen molar-refractivity contribution < 1.29 is 33.4 Å². The molecule has 7 nitrogen and oxygen atoms in total. The van der Waals surface area contributed by atoms with E-state index in [1.807, 2.05) is 0 Å². The van der Waals surface area contributed by atoms with Gasteiger partial charge in [0.15, 0.2) is 5.78 Å². The minimum Gasteiger partial charge on any atom is -0.463 e. The molecule has 0 saturated carbocycles. The Balaban J connectivity index is 3.47. The maximum atomic E-state index is 11.3. The van der Waals surface area contributed by atoms with E-state index in [2.05, 4.69) is 13.2 Å². The molecular weight excluding hydrogens is 316 g/mol. The van der Waals surface area contributed by atoms with Crippen molar-refractivity contribution in [2.75, 3.05) is 26.4 Å². The van der Waals surface area contributed by atoms with Crippen molar-refractivity contribution in [2.24, 2.45) is 0 Å². The summed E-state index contributed by atoms with van der Waals surface area (Å²) in [7, 11) is 0. The van der Waals surface area contributed by atoms with Crippen LogP contribution in [0.2, 0.25) is 0 Å². The molecule has 0 aliphatic heterocycles. The Morgan fingerprint density at radius 2 is 1.29 bits per heavy atom. The fourth-order valence-corrected chi connectivity index (χ4v) is 1.51. The van der Waals surface area contributed by atoms with E-state index < -0.39 is 11.9 Å². The molecule has 0 aromatic carbocycles. The SMILES string of the molecule is C=CCC(=O)CCC(=O)OCCOCCOC(=O)CCC(=O)C=C. The summed E-state index contributed by atoms with van der Waals surface area (Å²) in [6.07, 6.45) is 3.15. The van der Waals surface area contributed by atoms with Crippen molar-refractivity contribution in [1.82, 2.24) is 0 Å². The first kappa shape index (κ1) is 21.7. The summed E-state index contributed by atoms with van der Waals surface area (Å²) in [5.41, 5.74) is 0. The van der Waals surface area contributed by atoms with E-state index in [1.165, 1.54) is 6.08 Å². The van der Waals surface area contributed by atoms with Gasteiger partial charge in [0.05, 0.1) is 26.1 Å². The van der Waals surface area contributed by atoms with Gasteiger partial charge in [0.1, 0.15) is 19.0 Å². The second kappa shape index (κ2) is 14.3. The standard InChI is InChI=1S/C17H24O7/c1-3-5-15(19)7-9-17(21)24-13-11-22-10-12-23-16(20)8-6-14(18)4-2/h3-4H,1-2,5-13H2. The number of hydrogen-bond donors (Lipinski definition) is 0. The second-order valence-electron chi connectivity index (χ2n) is 4.76. The number of hydrogen-bond acceptors (Lipinski definition) is 7. The highest BCUT2D eigenvalue weighted by Gasteiger charge is 2.07. The lowest BCUT2D eigenvalue weighted by molar-refractivity contribution is -0.147. The van der Waals surface area contributed by atoms with Gasteiger partial charge in [-0.15, -0.1) is 6.58 Å². The third kappa shape index (κ3) is 13.4. The molecule has 0 radical (unpaired) electrons. The van der Waals surface area contributed by atoms with Crippen molar-refractivity contribution in [3.8, 4) is 0 Å². The number of ether oxygens (including phenoxy) is 3. The Kier molecular flexibility index (Phi) is 13.0. The molecule has 0 amide bonds. The molecular formula is C17H24O7. The third-order valence-electron chi connectivity index (χ3n) is 2.76. The maximum Gasteiger partial charge on any atom is 0.306 e. The topological polar surface area (TPSA) is 96.0 Å². The van der Waals surface area contributed by atoms with Gasteiger partial charge in [-0.1, -0.05) is 12.7 Å². The molecule has 24 heavy (non-hydrogen) atoms. The molecule has 0 unspecified atom stereocenters. The van der Waals surface area contributed by atoms with Crippen LogP contribution in [0.5, 0.6) is 0 Å². The minimum atomic E-state index is -0.482. The van der Waals surface area contributed by atoms with Crippen LogP contribution in [0.4, 0.5) is 0 Å². The molecule has 0 N–H and O–H groups in total. The van der Waals surface area contributed by atoms with E-state index in [4.69, 9.17) is 14.2 Å². The minimum absolute atomic E-state index is 0.00698. The highest BCUT2D eigenvalue weighted by molar-refractivity contribution is 5.91. The van der Waals surface area contributed by atoms with E-state index in [9.17, 15) is 19.2 Å². The highest BCUT2D eigenvalue weighted by Crippen LogP contribution is 1.98. The van der Waals surface area contributed by atoms with Gasteiger partial charge in [0.25, 0.3) is 0 Å². The zero-order chi connectivity index (χ0) is 18.2. The van der Waals surface area contributed by atoms with Crippen molar-refractivity contribution in [2.45, 2.75) is 32.1 Å². The normalized spacial score (nSPS) is 9.83.